The van der Waals surface area contributed by atoms with Crippen molar-refractivity contribution in [3.63, 3.8) is 0 Å². The van der Waals surface area contributed by atoms with E-state index in [2.05, 4.69) is 29.1 Å². The lowest BCUT2D eigenvalue weighted by atomic mass is 9.97. The molecule has 0 bridgehead atoms. The highest BCUT2D eigenvalue weighted by atomic mass is 16.5. The zero-order valence-corrected chi connectivity index (χ0v) is 13.7. The molecule has 1 saturated heterocycles. The van der Waals surface area contributed by atoms with Crippen LogP contribution in [-0.4, -0.2) is 73.7 Å². The fourth-order valence-electron chi connectivity index (χ4n) is 2.65. The van der Waals surface area contributed by atoms with Gasteiger partial charge in [-0.2, -0.15) is 0 Å². The van der Waals surface area contributed by atoms with E-state index in [0.717, 1.165) is 39.1 Å². The van der Waals surface area contributed by atoms with Crippen LogP contribution in [0, 0.1) is 0 Å². The van der Waals surface area contributed by atoms with E-state index < -0.39 is 5.54 Å². The minimum Gasteiger partial charge on any atom is -0.465 e. The van der Waals surface area contributed by atoms with Crippen molar-refractivity contribution >= 4 is 5.97 Å². The van der Waals surface area contributed by atoms with Crippen molar-refractivity contribution in [2.24, 2.45) is 0 Å². The third kappa shape index (κ3) is 4.72. The Morgan fingerprint density at radius 3 is 2.65 bits per heavy atom. The second-order valence-corrected chi connectivity index (χ2v) is 5.96. The molecule has 0 aromatic heterocycles. The van der Waals surface area contributed by atoms with Gasteiger partial charge in [-0.05, 0) is 40.8 Å². The minimum absolute atomic E-state index is 0.135. The number of rotatable bonds is 7. The lowest BCUT2D eigenvalue weighted by Crippen LogP contribution is -2.55. The Balaban J connectivity index is 2.52. The molecule has 5 heteroatoms. The first-order valence-electron chi connectivity index (χ1n) is 7.77. The number of piperazine rings is 1. The molecule has 0 radical (unpaired) electrons. The Kier molecular flexibility index (Phi) is 6.92. The summed E-state index contributed by atoms with van der Waals surface area (Å²) in [5.74, 6) is -0.135. The van der Waals surface area contributed by atoms with Gasteiger partial charge < -0.3 is 19.9 Å². The van der Waals surface area contributed by atoms with Gasteiger partial charge in [0.15, 0.2) is 0 Å². The van der Waals surface area contributed by atoms with E-state index >= 15 is 0 Å². The SMILES string of the molecule is CCNC(C)(CCN1CCN(C)C(C)C1)C(=O)OCC. The van der Waals surface area contributed by atoms with Crippen LogP contribution in [0.25, 0.3) is 0 Å². The second-order valence-electron chi connectivity index (χ2n) is 5.96. The molecule has 2 unspecified atom stereocenters. The van der Waals surface area contributed by atoms with Crippen LogP contribution in [0.3, 0.4) is 0 Å². The summed E-state index contributed by atoms with van der Waals surface area (Å²) in [7, 11) is 2.17. The first kappa shape index (κ1) is 17.4. The quantitative estimate of drug-likeness (QED) is 0.706. The maximum absolute atomic E-state index is 12.1. The lowest BCUT2D eigenvalue weighted by molar-refractivity contribution is -0.151. The van der Waals surface area contributed by atoms with E-state index in [4.69, 9.17) is 4.74 Å². The van der Waals surface area contributed by atoms with Crippen molar-refractivity contribution in [2.45, 2.75) is 45.7 Å². The first-order valence-corrected chi connectivity index (χ1v) is 7.77. The van der Waals surface area contributed by atoms with Crippen LogP contribution in [0.5, 0.6) is 0 Å². The van der Waals surface area contributed by atoms with Crippen LogP contribution in [0.4, 0.5) is 0 Å². The molecule has 0 saturated carbocycles. The summed E-state index contributed by atoms with van der Waals surface area (Å²) in [5, 5.41) is 3.29. The van der Waals surface area contributed by atoms with E-state index in [-0.39, 0.29) is 5.97 Å². The monoisotopic (exact) mass is 285 g/mol. The Labute approximate surface area is 123 Å². The molecule has 1 fully saturated rings. The van der Waals surface area contributed by atoms with Gasteiger partial charge in [-0.1, -0.05) is 6.92 Å². The molecule has 0 aromatic rings. The zero-order chi connectivity index (χ0) is 15.2. The standard InChI is InChI=1S/C15H31N3O2/c1-6-16-15(4,14(19)20-7-2)8-9-18-11-10-17(5)13(3)12-18/h13,16H,6-12H2,1-5H3. The van der Waals surface area contributed by atoms with Crippen molar-refractivity contribution < 1.29 is 9.53 Å². The van der Waals surface area contributed by atoms with Crippen LogP contribution in [0.15, 0.2) is 0 Å². The summed E-state index contributed by atoms with van der Waals surface area (Å²) in [6.07, 6.45) is 0.788. The minimum atomic E-state index is -0.572. The second kappa shape index (κ2) is 7.96. The number of carbonyl (C=O) groups excluding carboxylic acids is 1. The van der Waals surface area contributed by atoms with Gasteiger partial charge in [-0.3, -0.25) is 4.79 Å². The van der Waals surface area contributed by atoms with E-state index in [1.54, 1.807) is 0 Å². The topological polar surface area (TPSA) is 44.8 Å². The summed E-state index contributed by atoms with van der Waals surface area (Å²) in [4.78, 5) is 17.0. The van der Waals surface area contributed by atoms with Crippen LogP contribution in [-0.2, 0) is 9.53 Å². The summed E-state index contributed by atoms with van der Waals surface area (Å²) in [5.41, 5.74) is -0.572. The van der Waals surface area contributed by atoms with Gasteiger partial charge in [0.2, 0.25) is 0 Å². The summed E-state index contributed by atoms with van der Waals surface area (Å²) in [6, 6.07) is 0.580. The van der Waals surface area contributed by atoms with Gasteiger partial charge in [-0.15, -0.1) is 0 Å². The fourth-order valence-corrected chi connectivity index (χ4v) is 2.65. The molecule has 20 heavy (non-hydrogen) atoms. The van der Waals surface area contributed by atoms with Gasteiger partial charge in [-0.25, -0.2) is 0 Å². The summed E-state index contributed by atoms with van der Waals surface area (Å²) < 4.78 is 5.21. The predicted octanol–water partition coefficient (Wildman–Crippen LogP) is 0.944. The van der Waals surface area contributed by atoms with Gasteiger partial charge in [0.25, 0.3) is 0 Å². The number of esters is 1. The predicted molar refractivity (Wildman–Crippen MR) is 81.9 cm³/mol. The largest absolute Gasteiger partial charge is 0.465 e. The smallest absolute Gasteiger partial charge is 0.326 e. The molecule has 2 atom stereocenters. The Morgan fingerprint density at radius 2 is 2.10 bits per heavy atom. The van der Waals surface area contributed by atoms with Crippen molar-refractivity contribution in [1.82, 2.24) is 15.1 Å². The number of likely N-dealkylation sites (N-methyl/N-ethyl adjacent to an activating group) is 2. The van der Waals surface area contributed by atoms with Crippen molar-refractivity contribution in [3.05, 3.63) is 0 Å². The molecular formula is C15H31N3O2. The fraction of sp³-hybridized carbons (Fsp3) is 0.933. The highest BCUT2D eigenvalue weighted by molar-refractivity contribution is 5.80. The summed E-state index contributed by atoms with van der Waals surface area (Å²) >= 11 is 0. The third-order valence-electron chi connectivity index (χ3n) is 4.26. The van der Waals surface area contributed by atoms with Gasteiger partial charge in [0.1, 0.15) is 5.54 Å². The van der Waals surface area contributed by atoms with E-state index in [0.29, 0.717) is 12.6 Å². The average molecular weight is 285 g/mol. The lowest BCUT2D eigenvalue weighted by Gasteiger charge is -2.39. The molecule has 0 spiro atoms. The normalized spacial score (nSPS) is 24.4. The van der Waals surface area contributed by atoms with Crippen LogP contribution in [0.2, 0.25) is 0 Å². The average Bonchev–Trinajstić information content (AvgIpc) is 2.41. The highest BCUT2D eigenvalue weighted by Crippen LogP contribution is 2.15. The Morgan fingerprint density at radius 1 is 1.40 bits per heavy atom. The van der Waals surface area contributed by atoms with E-state index in [1.165, 1.54) is 0 Å². The number of carbonyl (C=O) groups is 1. The van der Waals surface area contributed by atoms with Gasteiger partial charge in [0.05, 0.1) is 6.61 Å². The number of ether oxygens (including phenoxy) is 1. The van der Waals surface area contributed by atoms with Crippen LogP contribution < -0.4 is 5.32 Å². The van der Waals surface area contributed by atoms with Crippen LogP contribution in [0.1, 0.15) is 34.1 Å². The molecular weight excluding hydrogens is 254 g/mol. The molecule has 118 valence electrons. The molecule has 0 aliphatic carbocycles. The van der Waals surface area contributed by atoms with Crippen molar-refractivity contribution in [1.29, 1.82) is 0 Å². The summed E-state index contributed by atoms with van der Waals surface area (Å²) in [6.45, 7) is 13.5. The molecule has 5 nitrogen and oxygen atoms in total. The molecule has 1 heterocycles. The molecule has 0 aromatic carbocycles. The molecule has 1 aliphatic heterocycles. The molecule has 1 N–H and O–H groups in total. The maximum atomic E-state index is 12.1. The van der Waals surface area contributed by atoms with Crippen molar-refractivity contribution in [2.75, 3.05) is 46.4 Å². The van der Waals surface area contributed by atoms with Gasteiger partial charge >= 0.3 is 5.97 Å². The Hall–Kier alpha value is -0.650. The molecule has 1 rings (SSSR count). The van der Waals surface area contributed by atoms with E-state index in [1.807, 2.05) is 20.8 Å². The molecule has 1 aliphatic rings. The third-order valence-corrected chi connectivity index (χ3v) is 4.26. The Bertz CT molecular complexity index is 311. The van der Waals surface area contributed by atoms with Gasteiger partial charge in [0, 0.05) is 32.2 Å². The zero-order valence-electron chi connectivity index (χ0n) is 13.7. The van der Waals surface area contributed by atoms with E-state index in [9.17, 15) is 4.79 Å². The number of nitrogens with zero attached hydrogens (tertiary/aromatic N) is 2. The number of hydrogen-bond acceptors (Lipinski definition) is 5. The number of nitrogens with one attached hydrogen (secondary N) is 1. The first-order chi connectivity index (χ1) is 9.42. The number of hydrogen-bond donors (Lipinski definition) is 1. The van der Waals surface area contributed by atoms with Crippen LogP contribution >= 0.6 is 0 Å². The highest BCUT2D eigenvalue weighted by Gasteiger charge is 2.34. The van der Waals surface area contributed by atoms with Crippen molar-refractivity contribution in [3.8, 4) is 0 Å². The maximum Gasteiger partial charge on any atom is 0.326 e. The molecule has 0 amide bonds.